The molecule has 0 heterocycles. The van der Waals surface area contributed by atoms with E-state index in [-0.39, 0.29) is 6.04 Å². The quantitative estimate of drug-likeness (QED) is 0.804. The maximum atomic E-state index is 6.17. The second-order valence-corrected chi connectivity index (χ2v) is 5.54. The molecule has 0 bridgehead atoms. The number of methoxy groups -OCH3 is 1. The van der Waals surface area contributed by atoms with E-state index in [9.17, 15) is 0 Å². The molecule has 0 saturated heterocycles. The minimum atomic E-state index is 0.282. The molecule has 0 amide bonds. The van der Waals surface area contributed by atoms with E-state index in [1.54, 1.807) is 7.11 Å². The summed E-state index contributed by atoms with van der Waals surface area (Å²) < 4.78 is 5.49. The van der Waals surface area contributed by atoms with Crippen LogP contribution in [0.25, 0.3) is 11.1 Å². The highest BCUT2D eigenvalue weighted by Crippen LogP contribution is 2.36. The summed E-state index contributed by atoms with van der Waals surface area (Å²) in [6.45, 7) is 5.36. The van der Waals surface area contributed by atoms with Gasteiger partial charge >= 0.3 is 0 Å². The van der Waals surface area contributed by atoms with Crippen molar-refractivity contribution >= 4 is 11.6 Å². The maximum Gasteiger partial charge on any atom is 0.126 e. The Morgan fingerprint density at radius 1 is 1.14 bits per heavy atom. The number of nitrogens with one attached hydrogen (secondary N) is 1. The topological polar surface area (TPSA) is 21.3 Å². The van der Waals surface area contributed by atoms with E-state index in [1.807, 2.05) is 24.3 Å². The van der Waals surface area contributed by atoms with Gasteiger partial charge in [-0.15, -0.1) is 0 Å². The fourth-order valence-corrected chi connectivity index (χ4v) is 2.65. The van der Waals surface area contributed by atoms with Crippen molar-refractivity contribution in [3.05, 3.63) is 53.1 Å². The molecule has 1 atom stereocenters. The molecule has 2 nitrogen and oxygen atoms in total. The van der Waals surface area contributed by atoms with Crippen LogP contribution < -0.4 is 10.1 Å². The zero-order chi connectivity index (χ0) is 15.2. The second-order valence-electron chi connectivity index (χ2n) is 5.11. The van der Waals surface area contributed by atoms with Crippen molar-refractivity contribution in [1.29, 1.82) is 0 Å². The molecule has 0 aliphatic carbocycles. The molecule has 112 valence electrons. The molecule has 2 aromatic rings. The van der Waals surface area contributed by atoms with Crippen molar-refractivity contribution in [1.82, 2.24) is 5.32 Å². The molecular formula is C18H22ClNO. The Bertz CT molecular complexity index is 598. The number of hydrogen-bond donors (Lipinski definition) is 1. The van der Waals surface area contributed by atoms with E-state index in [2.05, 4.69) is 37.4 Å². The van der Waals surface area contributed by atoms with Crippen molar-refractivity contribution in [2.24, 2.45) is 0 Å². The van der Waals surface area contributed by atoms with Gasteiger partial charge in [0.1, 0.15) is 5.75 Å². The number of halogens is 1. The van der Waals surface area contributed by atoms with Gasteiger partial charge in [0, 0.05) is 16.6 Å². The van der Waals surface area contributed by atoms with E-state index in [0.717, 1.165) is 34.9 Å². The van der Waals surface area contributed by atoms with Crippen molar-refractivity contribution in [3.63, 3.8) is 0 Å². The van der Waals surface area contributed by atoms with Gasteiger partial charge in [-0.3, -0.25) is 0 Å². The molecule has 3 heteroatoms. The Hall–Kier alpha value is -1.51. The number of ether oxygens (including phenoxy) is 1. The third-order valence-corrected chi connectivity index (χ3v) is 3.81. The monoisotopic (exact) mass is 303 g/mol. The molecule has 1 unspecified atom stereocenters. The maximum absolute atomic E-state index is 6.17. The summed E-state index contributed by atoms with van der Waals surface area (Å²) >= 11 is 6.17. The third kappa shape index (κ3) is 3.78. The normalized spacial score (nSPS) is 12.2. The SMILES string of the molecule is CCCNC(C)c1ccccc1-c1cc(Cl)ccc1OC. The largest absolute Gasteiger partial charge is 0.496 e. The fourth-order valence-electron chi connectivity index (χ4n) is 2.48. The average Bonchev–Trinajstić information content (AvgIpc) is 2.52. The zero-order valence-electron chi connectivity index (χ0n) is 12.8. The van der Waals surface area contributed by atoms with Crippen LogP contribution in [0.1, 0.15) is 31.9 Å². The van der Waals surface area contributed by atoms with Crippen molar-refractivity contribution in [2.75, 3.05) is 13.7 Å². The van der Waals surface area contributed by atoms with Crippen LogP contribution in [0.3, 0.4) is 0 Å². The van der Waals surface area contributed by atoms with E-state index in [4.69, 9.17) is 16.3 Å². The summed E-state index contributed by atoms with van der Waals surface area (Å²) in [5, 5.41) is 4.25. The first-order valence-electron chi connectivity index (χ1n) is 7.33. The predicted molar refractivity (Wildman–Crippen MR) is 90.1 cm³/mol. The van der Waals surface area contributed by atoms with Crippen molar-refractivity contribution in [2.45, 2.75) is 26.3 Å². The third-order valence-electron chi connectivity index (χ3n) is 3.58. The van der Waals surface area contributed by atoms with Crippen LogP contribution in [0, 0.1) is 0 Å². The zero-order valence-corrected chi connectivity index (χ0v) is 13.6. The smallest absolute Gasteiger partial charge is 0.126 e. The molecule has 0 aliphatic rings. The summed E-state index contributed by atoms with van der Waals surface area (Å²) in [5.41, 5.74) is 3.45. The highest BCUT2D eigenvalue weighted by Gasteiger charge is 2.14. The molecule has 0 spiro atoms. The molecule has 1 N–H and O–H groups in total. The van der Waals surface area contributed by atoms with Crippen molar-refractivity contribution in [3.8, 4) is 16.9 Å². The second kappa shape index (κ2) is 7.48. The van der Waals surface area contributed by atoms with Gasteiger partial charge in [0.2, 0.25) is 0 Å². The van der Waals surface area contributed by atoms with E-state index in [1.165, 1.54) is 5.56 Å². The van der Waals surface area contributed by atoms with Crippen LogP contribution in [-0.4, -0.2) is 13.7 Å². The predicted octanol–water partition coefficient (Wildman–Crippen LogP) is 5.08. The lowest BCUT2D eigenvalue weighted by Crippen LogP contribution is -2.19. The lowest BCUT2D eigenvalue weighted by molar-refractivity contribution is 0.416. The van der Waals surface area contributed by atoms with E-state index < -0.39 is 0 Å². The molecule has 2 rings (SSSR count). The Labute approximate surface area is 132 Å². The molecule has 0 saturated carbocycles. The lowest BCUT2D eigenvalue weighted by Gasteiger charge is -2.19. The molecule has 2 aromatic carbocycles. The molecule has 0 aliphatic heterocycles. The lowest BCUT2D eigenvalue weighted by atomic mass is 9.95. The number of benzene rings is 2. The van der Waals surface area contributed by atoms with Gasteiger partial charge in [-0.05, 0) is 49.2 Å². The van der Waals surface area contributed by atoms with Gasteiger partial charge in [0.05, 0.1) is 7.11 Å². The minimum Gasteiger partial charge on any atom is -0.496 e. The Morgan fingerprint density at radius 2 is 1.90 bits per heavy atom. The number of hydrogen-bond acceptors (Lipinski definition) is 2. The summed E-state index contributed by atoms with van der Waals surface area (Å²) in [6, 6.07) is 14.4. The highest BCUT2D eigenvalue weighted by atomic mass is 35.5. The summed E-state index contributed by atoms with van der Waals surface area (Å²) in [5.74, 6) is 0.842. The molecule has 0 fully saturated rings. The Kier molecular flexibility index (Phi) is 5.66. The Morgan fingerprint density at radius 3 is 2.62 bits per heavy atom. The van der Waals surface area contributed by atoms with Gasteiger partial charge in [-0.25, -0.2) is 0 Å². The van der Waals surface area contributed by atoms with E-state index >= 15 is 0 Å². The minimum absolute atomic E-state index is 0.282. The van der Waals surface area contributed by atoms with Crippen LogP contribution in [0.5, 0.6) is 5.75 Å². The first kappa shape index (κ1) is 15.9. The average molecular weight is 304 g/mol. The van der Waals surface area contributed by atoms with E-state index in [0.29, 0.717) is 0 Å². The van der Waals surface area contributed by atoms with Crippen LogP contribution in [0.4, 0.5) is 0 Å². The molecule has 0 radical (unpaired) electrons. The summed E-state index contributed by atoms with van der Waals surface area (Å²) in [6.07, 6.45) is 1.12. The van der Waals surface area contributed by atoms with Gasteiger partial charge < -0.3 is 10.1 Å². The summed E-state index contributed by atoms with van der Waals surface area (Å²) in [4.78, 5) is 0. The van der Waals surface area contributed by atoms with Crippen LogP contribution in [-0.2, 0) is 0 Å². The van der Waals surface area contributed by atoms with Gasteiger partial charge in [-0.2, -0.15) is 0 Å². The van der Waals surface area contributed by atoms with Gasteiger partial charge in [-0.1, -0.05) is 42.8 Å². The first-order valence-corrected chi connectivity index (χ1v) is 7.71. The first-order chi connectivity index (χ1) is 10.2. The Balaban J connectivity index is 2.47. The summed E-state index contributed by atoms with van der Waals surface area (Å²) in [7, 11) is 1.69. The van der Waals surface area contributed by atoms with Gasteiger partial charge in [0.25, 0.3) is 0 Å². The van der Waals surface area contributed by atoms with Gasteiger partial charge in [0.15, 0.2) is 0 Å². The highest BCUT2D eigenvalue weighted by molar-refractivity contribution is 6.31. The standard InChI is InChI=1S/C18H22ClNO/c1-4-11-20-13(2)15-7-5-6-8-16(15)17-12-14(19)9-10-18(17)21-3/h5-10,12-13,20H,4,11H2,1-3H3. The number of rotatable bonds is 6. The van der Waals surface area contributed by atoms with Crippen LogP contribution in [0.2, 0.25) is 5.02 Å². The fraction of sp³-hybridized carbons (Fsp3) is 0.333. The van der Waals surface area contributed by atoms with Crippen LogP contribution >= 0.6 is 11.6 Å². The molecule has 21 heavy (non-hydrogen) atoms. The van der Waals surface area contributed by atoms with Crippen molar-refractivity contribution < 1.29 is 4.74 Å². The molecular weight excluding hydrogens is 282 g/mol. The molecule has 0 aromatic heterocycles. The van der Waals surface area contributed by atoms with Crippen LogP contribution in [0.15, 0.2) is 42.5 Å².